The maximum absolute atomic E-state index is 12.5. The maximum Gasteiger partial charge on any atom is 0.272 e. The van der Waals surface area contributed by atoms with Crippen molar-refractivity contribution in [2.75, 3.05) is 14.1 Å². The summed E-state index contributed by atoms with van der Waals surface area (Å²) in [4.78, 5) is 16.5. The first-order chi connectivity index (χ1) is 10.5. The molecule has 0 aliphatic carbocycles. The molecule has 22 heavy (non-hydrogen) atoms. The fraction of sp³-hybridized carbons (Fsp3) is 0.533. The fourth-order valence-electron chi connectivity index (χ4n) is 2.88. The summed E-state index contributed by atoms with van der Waals surface area (Å²) in [6, 6.07) is 1.99. The lowest BCUT2D eigenvalue weighted by Crippen LogP contribution is -2.27. The first-order valence-electron chi connectivity index (χ1n) is 7.50. The number of nitrogens with one attached hydrogen (secondary N) is 1. The van der Waals surface area contributed by atoms with Crippen molar-refractivity contribution in [3.63, 3.8) is 0 Å². The summed E-state index contributed by atoms with van der Waals surface area (Å²) in [7, 11) is 4.06. The van der Waals surface area contributed by atoms with Gasteiger partial charge in [0.05, 0.1) is 24.5 Å². The van der Waals surface area contributed by atoms with Crippen LogP contribution < -0.4 is 0 Å². The highest BCUT2D eigenvalue weighted by Gasteiger charge is 2.32. The normalized spacial score (nSPS) is 14.2. The van der Waals surface area contributed by atoms with E-state index in [1.807, 2.05) is 19.0 Å². The molecule has 3 rings (SSSR count). The molecule has 0 unspecified atom stereocenters. The van der Waals surface area contributed by atoms with E-state index < -0.39 is 0 Å². The third-order valence-corrected chi connectivity index (χ3v) is 3.86. The Kier molecular flexibility index (Phi) is 3.74. The van der Waals surface area contributed by atoms with Gasteiger partial charge in [-0.15, -0.1) is 0 Å². The zero-order valence-electron chi connectivity index (χ0n) is 13.5. The van der Waals surface area contributed by atoms with Gasteiger partial charge < -0.3 is 9.80 Å². The molecule has 1 N–H and O–H groups in total. The number of carbonyl (C=O) groups excluding carboxylic acids is 1. The minimum Gasteiger partial charge on any atom is -0.327 e. The van der Waals surface area contributed by atoms with Crippen LogP contribution in [0.1, 0.15) is 47.3 Å². The Hall–Kier alpha value is -2.15. The maximum atomic E-state index is 12.5. The molecule has 0 spiro atoms. The number of aromatic nitrogens is 4. The number of rotatable bonds is 4. The van der Waals surface area contributed by atoms with E-state index in [0.29, 0.717) is 18.8 Å². The Morgan fingerprint density at radius 2 is 2.18 bits per heavy atom. The van der Waals surface area contributed by atoms with E-state index in [4.69, 9.17) is 5.10 Å². The fourth-order valence-corrected chi connectivity index (χ4v) is 2.88. The van der Waals surface area contributed by atoms with Gasteiger partial charge in [-0.3, -0.25) is 14.6 Å². The van der Waals surface area contributed by atoms with Gasteiger partial charge in [0.25, 0.3) is 5.91 Å². The van der Waals surface area contributed by atoms with Crippen molar-refractivity contribution in [2.24, 2.45) is 0 Å². The highest BCUT2D eigenvalue weighted by Crippen LogP contribution is 2.29. The van der Waals surface area contributed by atoms with E-state index in [-0.39, 0.29) is 11.9 Å². The van der Waals surface area contributed by atoms with Gasteiger partial charge in [0.1, 0.15) is 5.69 Å². The second-order valence-electron chi connectivity index (χ2n) is 6.28. The number of aromatic amines is 1. The van der Waals surface area contributed by atoms with Crippen molar-refractivity contribution >= 4 is 5.91 Å². The van der Waals surface area contributed by atoms with Gasteiger partial charge >= 0.3 is 0 Å². The summed E-state index contributed by atoms with van der Waals surface area (Å²) in [5, 5.41) is 11.3. The van der Waals surface area contributed by atoms with Crippen LogP contribution in [0.2, 0.25) is 0 Å². The zero-order valence-corrected chi connectivity index (χ0v) is 13.5. The summed E-state index contributed by atoms with van der Waals surface area (Å²) in [6.07, 6.45) is 1.60. The summed E-state index contributed by atoms with van der Waals surface area (Å²) in [5.41, 5.74) is 3.94. The molecule has 0 bridgehead atoms. The van der Waals surface area contributed by atoms with Gasteiger partial charge in [-0.1, -0.05) is 0 Å². The van der Waals surface area contributed by atoms with Crippen LogP contribution in [-0.4, -0.2) is 49.8 Å². The lowest BCUT2D eigenvalue weighted by atomic mass is 10.2. The Morgan fingerprint density at radius 3 is 2.77 bits per heavy atom. The molecule has 0 fully saturated rings. The van der Waals surface area contributed by atoms with Gasteiger partial charge in [0, 0.05) is 24.3 Å². The standard InChI is InChI=1S/C15H22N6O/c1-10(2)21-14-9-20(15(22)12-5-6-16-17-12)7-11(14)13(18-21)8-19(3)4/h5-6,10H,7-9H2,1-4H3,(H,16,17). The summed E-state index contributed by atoms with van der Waals surface area (Å²) in [5.74, 6) is -0.0141. The van der Waals surface area contributed by atoms with Crippen LogP contribution in [0.4, 0.5) is 0 Å². The van der Waals surface area contributed by atoms with E-state index in [1.54, 1.807) is 12.3 Å². The number of H-pyrrole nitrogens is 1. The van der Waals surface area contributed by atoms with E-state index >= 15 is 0 Å². The van der Waals surface area contributed by atoms with Crippen molar-refractivity contribution in [3.05, 3.63) is 34.9 Å². The van der Waals surface area contributed by atoms with Gasteiger partial charge in [-0.25, -0.2) is 0 Å². The number of nitrogens with zero attached hydrogens (tertiary/aromatic N) is 5. The molecular weight excluding hydrogens is 280 g/mol. The molecule has 3 heterocycles. The van der Waals surface area contributed by atoms with Gasteiger partial charge in [-0.2, -0.15) is 10.2 Å². The molecule has 0 atom stereocenters. The minimum atomic E-state index is -0.0141. The molecular formula is C15H22N6O. The van der Waals surface area contributed by atoms with Crippen molar-refractivity contribution in [1.82, 2.24) is 29.8 Å². The van der Waals surface area contributed by atoms with Crippen LogP contribution >= 0.6 is 0 Å². The zero-order chi connectivity index (χ0) is 15.9. The van der Waals surface area contributed by atoms with E-state index in [0.717, 1.165) is 17.9 Å². The topological polar surface area (TPSA) is 70.1 Å². The number of amides is 1. The summed E-state index contributed by atoms with van der Waals surface area (Å²) >= 11 is 0. The first kappa shape index (κ1) is 14.8. The molecule has 0 aromatic carbocycles. The third kappa shape index (κ3) is 2.52. The van der Waals surface area contributed by atoms with Crippen molar-refractivity contribution in [3.8, 4) is 0 Å². The molecule has 2 aromatic heterocycles. The van der Waals surface area contributed by atoms with E-state index in [9.17, 15) is 4.79 Å². The molecule has 2 aromatic rings. The Morgan fingerprint density at radius 1 is 1.41 bits per heavy atom. The predicted molar refractivity (Wildman–Crippen MR) is 82.2 cm³/mol. The molecule has 7 heteroatoms. The minimum absolute atomic E-state index is 0.0141. The van der Waals surface area contributed by atoms with E-state index in [1.165, 1.54) is 5.56 Å². The Bertz CT molecular complexity index is 671. The highest BCUT2D eigenvalue weighted by atomic mass is 16.2. The van der Waals surface area contributed by atoms with Crippen LogP contribution in [-0.2, 0) is 19.6 Å². The average Bonchev–Trinajstić information content (AvgIpc) is 3.13. The average molecular weight is 302 g/mol. The molecule has 0 saturated carbocycles. The summed E-state index contributed by atoms with van der Waals surface area (Å²) < 4.78 is 2.05. The van der Waals surface area contributed by atoms with Crippen LogP contribution in [0.25, 0.3) is 0 Å². The molecule has 1 aliphatic rings. The van der Waals surface area contributed by atoms with Crippen LogP contribution in [0.15, 0.2) is 12.3 Å². The SMILES string of the molecule is CC(C)n1nc(CN(C)C)c2c1CN(C(=O)c1ccn[nH]1)C2. The molecule has 0 radical (unpaired) electrons. The number of carbonyl (C=O) groups is 1. The molecule has 1 amide bonds. The second kappa shape index (κ2) is 5.57. The second-order valence-corrected chi connectivity index (χ2v) is 6.28. The monoisotopic (exact) mass is 302 g/mol. The van der Waals surface area contributed by atoms with Crippen molar-refractivity contribution in [2.45, 2.75) is 39.5 Å². The van der Waals surface area contributed by atoms with Crippen molar-refractivity contribution in [1.29, 1.82) is 0 Å². The van der Waals surface area contributed by atoms with Gasteiger partial charge in [0.2, 0.25) is 0 Å². The molecule has 7 nitrogen and oxygen atoms in total. The van der Waals surface area contributed by atoms with Gasteiger partial charge in [-0.05, 0) is 34.0 Å². The quantitative estimate of drug-likeness (QED) is 0.927. The van der Waals surface area contributed by atoms with Crippen LogP contribution in [0, 0.1) is 0 Å². The summed E-state index contributed by atoms with van der Waals surface area (Å²) in [6.45, 7) is 6.24. The highest BCUT2D eigenvalue weighted by molar-refractivity contribution is 5.92. The number of fused-ring (bicyclic) bond motifs is 1. The predicted octanol–water partition coefficient (Wildman–Crippen LogP) is 1.40. The van der Waals surface area contributed by atoms with Crippen molar-refractivity contribution < 1.29 is 4.79 Å². The van der Waals surface area contributed by atoms with Crippen LogP contribution in [0.5, 0.6) is 0 Å². The lowest BCUT2D eigenvalue weighted by molar-refractivity contribution is 0.0741. The Labute approximate surface area is 129 Å². The number of hydrogen-bond donors (Lipinski definition) is 1. The Balaban J connectivity index is 1.89. The third-order valence-electron chi connectivity index (χ3n) is 3.86. The lowest BCUT2D eigenvalue weighted by Gasteiger charge is -2.17. The molecule has 1 aliphatic heterocycles. The van der Waals surface area contributed by atoms with Gasteiger partial charge in [0.15, 0.2) is 0 Å². The van der Waals surface area contributed by atoms with E-state index in [2.05, 4.69) is 33.6 Å². The molecule has 118 valence electrons. The first-order valence-corrected chi connectivity index (χ1v) is 7.50. The number of hydrogen-bond acceptors (Lipinski definition) is 4. The molecule has 0 saturated heterocycles. The largest absolute Gasteiger partial charge is 0.327 e. The smallest absolute Gasteiger partial charge is 0.272 e. The van der Waals surface area contributed by atoms with Crippen LogP contribution in [0.3, 0.4) is 0 Å².